The van der Waals surface area contributed by atoms with Gasteiger partial charge in [0, 0.05) is 17.4 Å². The zero-order valence-electron chi connectivity index (χ0n) is 17.6. The summed E-state index contributed by atoms with van der Waals surface area (Å²) in [6.07, 6.45) is 5.69. The molecule has 0 saturated carbocycles. The highest BCUT2D eigenvalue weighted by Crippen LogP contribution is 2.49. The van der Waals surface area contributed by atoms with Crippen molar-refractivity contribution in [3.05, 3.63) is 94.1 Å². The molecule has 2 N–H and O–H groups in total. The lowest BCUT2D eigenvalue weighted by atomic mass is 9.67. The molecule has 3 heteroatoms. The highest BCUT2D eigenvalue weighted by atomic mass is 16.5. The SMILES string of the molecule is C=C1C(=C)C(c2ccc(C(O)O)c(C)c2)C(C)C(C)=C1C1=CC(C)C(C=O)C=C1. The summed E-state index contributed by atoms with van der Waals surface area (Å²) in [4.78, 5) is 11.2. The monoisotopic (exact) mass is 390 g/mol. The normalized spacial score (nSPS) is 27.5. The smallest absolute Gasteiger partial charge is 0.178 e. The third-order valence-corrected chi connectivity index (χ3v) is 6.57. The Morgan fingerprint density at radius 2 is 1.83 bits per heavy atom. The van der Waals surface area contributed by atoms with Crippen molar-refractivity contribution in [2.45, 2.75) is 39.9 Å². The van der Waals surface area contributed by atoms with Crippen molar-refractivity contribution in [2.75, 3.05) is 0 Å². The minimum atomic E-state index is -1.47. The topological polar surface area (TPSA) is 57.5 Å². The molecule has 29 heavy (non-hydrogen) atoms. The first-order chi connectivity index (χ1) is 13.7. The van der Waals surface area contributed by atoms with E-state index in [4.69, 9.17) is 0 Å². The fourth-order valence-electron chi connectivity index (χ4n) is 4.62. The van der Waals surface area contributed by atoms with Gasteiger partial charge >= 0.3 is 0 Å². The van der Waals surface area contributed by atoms with E-state index in [0.717, 1.165) is 39.7 Å². The summed E-state index contributed by atoms with van der Waals surface area (Å²) in [5.41, 5.74) is 7.88. The average Bonchev–Trinajstić information content (AvgIpc) is 2.67. The van der Waals surface area contributed by atoms with Crippen molar-refractivity contribution < 1.29 is 15.0 Å². The van der Waals surface area contributed by atoms with Gasteiger partial charge in [-0.3, -0.25) is 0 Å². The van der Waals surface area contributed by atoms with E-state index in [1.807, 2.05) is 31.2 Å². The Morgan fingerprint density at radius 3 is 2.38 bits per heavy atom. The van der Waals surface area contributed by atoms with E-state index in [2.05, 4.69) is 40.0 Å². The van der Waals surface area contributed by atoms with Gasteiger partial charge in [-0.1, -0.05) is 69.0 Å². The first-order valence-corrected chi connectivity index (χ1v) is 10.1. The third kappa shape index (κ3) is 3.73. The summed E-state index contributed by atoms with van der Waals surface area (Å²) in [6.45, 7) is 17.0. The summed E-state index contributed by atoms with van der Waals surface area (Å²) in [5, 5.41) is 19.0. The van der Waals surface area contributed by atoms with Crippen molar-refractivity contribution in [3.8, 4) is 0 Å². The molecule has 0 fully saturated rings. The number of aliphatic hydroxyl groups excluding tert-OH is 1. The molecular weight excluding hydrogens is 360 g/mol. The van der Waals surface area contributed by atoms with Crippen LogP contribution in [0.4, 0.5) is 0 Å². The Balaban J connectivity index is 2.02. The summed E-state index contributed by atoms with van der Waals surface area (Å²) in [7, 11) is 0. The molecule has 0 aliphatic heterocycles. The molecule has 152 valence electrons. The van der Waals surface area contributed by atoms with Crippen LogP contribution in [0.15, 0.2) is 77.5 Å². The summed E-state index contributed by atoms with van der Waals surface area (Å²) < 4.78 is 0. The molecule has 3 rings (SSSR count). The molecule has 1 aromatic rings. The molecule has 0 amide bonds. The predicted molar refractivity (Wildman–Crippen MR) is 117 cm³/mol. The third-order valence-electron chi connectivity index (χ3n) is 6.57. The van der Waals surface area contributed by atoms with Gasteiger partial charge < -0.3 is 15.0 Å². The van der Waals surface area contributed by atoms with Gasteiger partial charge in [0.2, 0.25) is 0 Å². The van der Waals surface area contributed by atoms with Gasteiger partial charge in [0.25, 0.3) is 0 Å². The second-order valence-electron chi connectivity index (χ2n) is 8.37. The lowest BCUT2D eigenvalue weighted by molar-refractivity contribution is -0.110. The Morgan fingerprint density at radius 1 is 1.14 bits per heavy atom. The van der Waals surface area contributed by atoms with Gasteiger partial charge in [-0.2, -0.15) is 0 Å². The fraction of sp³-hybridized carbons (Fsp3) is 0.346. The molecule has 0 saturated heterocycles. The maximum Gasteiger partial charge on any atom is 0.178 e. The molecule has 0 bridgehead atoms. The Labute approximate surface area is 173 Å². The Kier molecular flexibility index (Phi) is 5.92. The van der Waals surface area contributed by atoms with Crippen molar-refractivity contribution >= 4 is 6.29 Å². The second kappa shape index (κ2) is 8.10. The number of carbonyl (C=O) groups is 1. The van der Waals surface area contributed by atoms with Gasteiger partial charge in [-0.25, -0.2) is 0 Å². The zero-order valence-corrected chi connectivity index (χ0v) is 17.6. The average molecular weight is 391 g/mol. The zero-order chi connectivity index (χ0) is 21.5. The standard InChI is InChI=1S/C26H30O3/c1-14-11-20(7-8-22(14)13-27)24-16(3)18(5)25(19(6)17(24)4)21-9-10-23(26(28)29)15(2)12-21/h7-14,19,22,25-26,28-29H,3,5H2,1-2,4,6H3. The summed E-state index contributed by atoms with van der Waals surface area (Å²) in [5.74, 6) is 0.388. The van der Waals surface area contributed by atoms with Crippen LogP contribution in [0.5, 0.6) is 0 Å². The molecule has 1 aromatic carbocycles. The number of aliphatic hydroxyl groups is 2. The molecule has 0 heterocycles. The van der Waals surface area contributed by atoms with Crippen LogP contribution in [-0.4, -0.2) is 16.5 Å². The predicted octanol–water partition coefficient (Wildman–Crippen LogP) is 5.09. The van der Waals surface area contributed by atoms with Gasteiger partial charge in [0.15, 0.2) is 6.29 Å². The second-order valence-corrected chi connectivity index (χ2v) is 8.37. The van der Waals surface area contributed by atoms with Crippen LogP contribution < -0.4 is 0 Å². The minimum absolute atomic E-state index is 0.0757. The van der Waals surface area contributed by atoms with E-state index < -0.39 is 6.29 Å². The molecule has 3 nitrogen and oxygen atoms in total. The minimum Gasteiger partial charge on any atom is -0.364 e. The number of hydrogen-bond acceptors (Lipinski definition) is 3. The lowest BCUT2D eigenvalue weighted by Gasteiger charge is -2.37. The number of benzene rings is 1. The van der Waals surface area contributed by atoms with Crippen molar-refractivity contribution in [1.82, 2.24) is 0 Å². The molecule has 4 atom stereocenters. The highest BCUT2D eigenvalue weighted by Gasteiger charge is 2.34. The Hall–Kier alpha value is -2.49. The van der Waals surface area contributed by atoms with E-state index in [1.54, 1.807) is 6.07 Å². The first-order valence-electron chi connectivity index (χ1n) is 10.1. The largest absolute Gasteiger partial charge is 0.364 e. The van der Waals surface area contributed by atoms with Crippen LogP contribution in [0.25, 0.3) is 0 Å². The van der Waals surface area contributed by atoms with Crippen LogP contribution in [0.2, 0.25) is 0 Å². The summed E-state index contributed by atoms with van der Waals surface area (Å²) in [6, 6.07) is 5.75. The molecule has 0 spiro atoms. The number of carbonyl (C=O) groups excluding carboxylic acids is 1. The quantitative estimate of drug-likeness (QED) is 0.556. The van der Waals surface area contributed by atoms with Crippen LogP contribution in [0.3, 0.4) is 0 Å². The van der Waals surface area contributed by atoms with Gasteiger partial charge in [-0.15, -0.1) is 0 Å². The molecule has 0 radical (unpaired) electrons. The molecule has 0 aromatic heterocycles. The number of hydrogen-bond donors (Lipinski definition) is 2. The molecular formula is C26H30O3. The van der Waals surface area contributed by atoms with Gasteiger partial charge in [-0.05, 0) is 59.1 Å². The number of rotatable bonds is 4. The molecule has 2 aliphatic rings. The van der Waals surface area contributed by atoms with Crippen molar-refractivity contribution in [2.24, 2.45) is 17.8 Å². The lowest BCUT2D eigenvalue weighted by Crippen LogP contribution is -2.23. The van der Waals surface area contributed by atoms with Crippen molar-refractivity contribution in [1.29, 1.82) is 0 Å². The summed E-state index contributed by atoms with van der Waals surface area (Å²) >= 11 is 0. The van der Waals surface area contributed by atoms with E-state index in [0.29, 0.717) is 5.56 Å². The van der Waals surface area contributed by atoms with Crippen molar-refractivity contribution in [3.63, 3.8) is 0 Å². The van der Waals surface area contributed by atoms with Crippen LogP contribution in [-0.2, 0) is 4.79 Å². The number of allylic oxidation sites excluding steroid dienone is 8. The van der Waals surface area contributed by atoms with Gasteiger partial charge in [0.1, 0.15) is 6.29 Å². The maximum absolute atomic E-state index is 11.2. The van der Waals surface area contributed by atoms with Gasteiger partial charge in [0.05, 0.1) is 0 Å². The van der Waals surface area contributed by atoms with E-state index in [-0.39, 0.29) is 23.7 Å². The highest BCUT2D eigenvalue weighted by molar-refractivity contribution is 5.67. The van der Waals surface area contributed by atoms with E-state index in [9.17, 15) is 15.0 Å². The van der Waals surface area contributed by atoms with E-state index in [1.165, 1.54) is 5.57 Å². The number of aldehydes is 1. The van der Waals surface area contributed by atoms with Crippen LogP contribution in [0, 0.1) is 24.7 Å². The van der Waals surface area contributed by atoms with Crippen LogP contribution >= 0.6 is 0 Å². The maximum atomic E-state index is 11.2. The first kappa shape index (κ1) is 21.2. The molecule has 2 aliphatic carbocycles. The van der Waals surface area contributed by atoms with Crippen LogP contribution in [0.1, 0.15) is 49.7 Å². The fourth-order valence-corrected chi connectivity index (χ4v) is 4.62. The Bertz CT molecular complexity index is 958. The van der Waals surface area contributed by atoms with E-state index >= 15 is 0 Å². The molecule has 4 unspecified atom stereocenters. The number of aryl methyl sites for hydroxylation is 1.